The molecule has 21 heavy (non-hydrogen) atoms. The summed E-state index contributed by atoms with van der Waals surface area (Å²) in [5, 5.41) is 41.5. The molecular formula is C13H16N2O5S. The Hall–Kier alpha value is -1.38. The molecule has 0 spiro atoms. The minimum Gasteiger partial charge on any atom is -0.399 e. The van der Waals surface area contributed by atoms with Crippen molar-refractivity contribution in [3.05, 3.63) is 29.8 Å². The van der Waals surface area contributed by atoms with Crippen molar-refractivity contribution in [3.63, 3.8) is 0 Å². The molecule has 114 valence electrons. The Labute approximate surface area is 126 Å². The van der Waals surface area contributed by atoms with Gasteiger partial charge in [-0.1, -0.05) is 12.1 Å². The molecule has 0 radical (unpaired) electrons. The minimum absolute atomic E-state index is 0.367. The number of rotatable bonds is 3. The molecule has 5 atom stereocenters. The number of aliphatic imine (C=N–C) groups is 1. The van der Waals surface area contributed by atoms with Crippen molar-refractivity contribution in [1.29, 1.82) is 0 Å². The van der Waals surface area contributed by atoms with Crippen molar-refractivity contribution in [2.24, 2.45) is 4.99 Å². The number of thiocarbonyl (C=S) groups is 1. The van der Waals surface area contributed by atoms with Gasteiger partial charge in [-0.25, -0.2) is 0 Å². The van der Waals surface area contributed by atoms with Crippen LogP contribution in [0.25, 0.3) is 0 Å². The molecule has 1 aromatic rings. The van der Waals surface area contributed by atoms with Crippen molar-refractivity contribution in [2.75, 3.05) is 12.3 Å². The molecule has 1 aliphatic heterocycles. The lowest BCUT2D eigenvalue weighted by Gasteiger charge is -2.45. The van der Waals surface area contributed by atoms with Crippen LogP contribution in [-0.4, -0.2) is 56.6 Å². The SMILES string of the molecule is Nc1ccc([C@]2(N=C=S)O[C@H](CO)[C@@H](O)[C@H](O)[C@@H]2O)cc1. The highest BCUT2D eigenvalue weighted by molar-refractivity contribution is 7.78. The molecule has 1 heterocycles. The van der Waals surface area contributed by atoms with Gasteiger partial charge in [-0.05, 0) is 24.4 Å². The van der Waals surface area contributed by atoms with Gasteiger partial charge in [0.25, 0.3) is 0 Å². The van der Waals surface area contributed by atoms with Crippen LogP contribution in [0.1, 0.15) is 5.56 Å². The van der Waals surface area contributed by atoms with Gasteiger partial charge in [0.1, 0.15) is 24.4 Å². The van der Waals surface area contributed by atoms with Crippen molar-refractivity contribution >= 4 is 23.1 Å². The topological polar surface area (TPSA) is 129 Å². The Kier molecular flexibility index (Phi) is 4.70. The highest BCUT2D eigenvalue weighted by Crippen LogP contribution is 2.39. The summed E-state index contributed by atoms with van der Waals surface area (Å²) in [5.41, 5.74) is 4.71. The van der Waals surface area contributed by atoms with Crippen LogP contribution in [0.15, 0.2) is 29.3 Å². The van der Waals surface area contributed by atoms with Gasteiger partial charge >= 0.3 is 0 Å². The summed E-state index contributed by atoms with van der Waals surface area (Å²) in [4.78, 5) is 3.85. The van der Waals surface area contributed by atoms with Crippen LogP contribution in [0.5, 0.6) is 0 Å². The van der Waals surface area contributed by atoms with Gasteiger partial charge in [0.15, 0.2) is 0 Å². The van der Waals surface area contributed by atoms with Gasteiger partial charge in [0, 0.05) is 11.3 Å². The third-order valence-corrected chi connectivity index (χ3v) is 3.59. The van der Waals surface area contributed by atoms with E-state index in [1.54, 1.807) is 24.3 Å². The number of nitrogens with zero attached hydrogens (tertiary/aromatic N) is 1. The first kappa shape index (κ1) is 16.0. The van der Waals surface area contributed by atoms with E-state index in [-0.39, 0.29) is 0 Å². The molecule has 1 saturated heterocycles. The van der Waals surface area contributed by atoms with E-state index in [2.05, 4.69) is 22.4 Å². The fourth-order valence-electron chi connectivity index (χ4n) is 2.34. The zero-order valence-corrected chi connectivity index (χ0v) is 11.8. The highest BCUT2D eigenvalue weighted by Gasteiger charge is 2.54. The fourth-order valence-corrected chi connectivity index (χ4v) is 2.47. The van der Waals surface area contributed by atoms with Crippen molar-refractivity contribution in [3.8, 4) is 0 Å². The van der Waals surface area contributed by atoms with Gasteiger partial charge in [-0.3, -0.25) is 0 Å². The average Bonchev–Trinajstić information content (AvgIpc) is 2.49. The summed E-state index contributed by atoms with van der Waals surface area (Å²) in [6.07, 6.45) is -5.74. The third-order valence-electron chi connectivity index (χ3n) is 3.50. The van der Waals surface area contributed by atoms with E-state index in [1.165, 1.54) is 0 Å². The first-order chi connectivity index (χ1) is 9.96. The number of aliphatic hydroxyl groups is 4. The van der Waals surface area contributed by atoms with Crippen LogP contribution >= 0.6 is 12.2 Å². The largest absolute Gasteiger partial charge is 0.399 e. The van der Waals surface area contributed by atoms with Crippen molar-refractivity contribution < 1.29 is 25.2 Å². The number of nitrogen functional groups attached to an aromatic ring is 1. The maximum Gasteiger partial charge on any atom is 0.223 e. The number of isothiocyanates is 1. The van der Waals surface area contributed by atoms with E-state index in [0.29, 0.717) is 11.3 Å². The van der Waals surface area contributed by atoms with Crippen molar-refractivity contribution in [2.45, 2.75) is 30.1 Å². The lowest BCUT2D eigenvalue weighted by Crippen LogP contribution is -2.62. The number of hydrogen-bond donors (Lipinski definition) is 5. The maximum absolute atomic E-state index is 10.3. The standard InChI is InChI=1S/C13H16N2O5S/c14-8-3-1-7(2-4-8)13(15-6-21)12(19)11(18)10(17)9(5-16)20-13/h1-4,9-12,16-19H,5,14H2/t9-,10-,11+,12+,13+/m1/s1. The summed E-state index contributed by atoms with van der Waals surface area (Å²) >= 11 is 4.59. The quantitative estimate of drug-likeness (QED) is 0.275. The second kappa shape index (κ2) is 6.17. The predicted molar refractivity (Wildman–Crippen MR) is 77.5 cm³/mol. The number of nitrogens with two attached hydrogens (primary N) is 1. The molecule has 0 amide bonds. The number of ether oxygens (including phenoxy) is 1. The summed E-state index contributed by atoms with van der Waals surface area (Å²) in [5.74, 6) is 0. The van der Waals surface area contributed by atoms with Gasteiger partial charge in [0.2, 0.25) is 5.72 Å². The molecule has 0 bridgehead atoms. The second-order valence-corrected chi connectivity index (χ2v) is 4.97. The normalized spacial score (nSPS) is 36.0. The number of benzene rings is 1. The molecule has 2 rings (SSSR count). The molecule has 0 unspecified atom stereocenters. The molecule has 1 fully saturated rings. The molecule has 1 aliphatic rings. The first-order valence-electron chi connectivity index (χ1n) is 6.24. The Morgan fingerprint density at radius 1 is 1.24 bits per heavy atom. The van der Waals surface area contributed by atoms with E-state index in [4.69, 9.17) is 10.5 Å². The van der Waals surface area contributed by atoms with Crippen LogP contribution in [0, 0.1) is 0 Å². The smallest absolute Gasteiger partial charge is 0.223 e. The van der Waals surface area contributed by atoms with E-state index >= 15 is 0 Å². The van der Waals surface area contributed by atoms with E-state index in [9.17, 15) is 20.4 Å². The maximum atomic E-state index is 10.3. The Balaban J connectivity index is 2.54. The van der Waals surface area contributed by atoms with Gasteiger partial charge in [-0.15, -0.1) is 0 Å². The number of hydrogen-bond acceptors (Lipinski definition) is 8. The van der Waals surface area contributed by atoms with Crippen LogP contribution < -0.4 is 5.73 Å². The Morgan fingerprint density at radius 3 is 2.38 bits per heavy atom. The van der Waals surface area contributed by atoms with Gasteiger partial charge in [0.05, 0.1) is 11.8 Å². The van der Waals surface area contributed by atoms with E-state index in [0.717, 1.165) is 0 Å². The number of aliphatic hydroxyl groups excluding tert-OH is 4. The van der Waals surface area contributed by atoms with E-state index < -0.39 is 36.7 Å². The molecule has 1 aromatic carbocycles. The monoisotopic (exact) mass is 312 g/mol. The minimum atomic E-state index is -1.76. The summed E-state index contributed by atoms with van der Waals surface area (Å²) in [6.45, 7) is -0.561. The summed E-state index contributed by atoms with van der Waals surface area (Å²) in [6, 6.07) is 6.23. The Morgan fingerprint density at radius 2 is 1.86 bits per heavy atom. The van der Waals surface area contributed by atoms with E-state index in [1.807, 2.05) is 0 Å². The second-order valence-electron chi connectivity index (χ2n) is 4.79. The van der Waals surface area contributed by atoms with Gasteiger partial charge in [-0.2, -0.15) is 4.99 Å². The first-order valence-corrected chi connectivity index (χ1v) is 6.65. The molecule has 0 aliphatic carbocycles. The summed E-state index contributed by atoms with van der Waals surface area (Å²) < 4.78 is 5.54. The molecular weight excluding hydrogens is 296 g/mol. The molecule has 7 nitrogen and oxygen atoms in total. The fraction of sp³-hybridized carbons (Fsp3) is 0.462. The van der Waals surface area contributed by atoms with Crippen LogP contribution in [0.2, 0.25) is 0 Å². The zero-order chi connectivity index (χ0) is 15.6. The van der Waals surface area contributed by atoms with Gasteiger partial charge < -0.3 is 30.9 Å². The Bertz CT molecular complexity index is 546. The predicted octanol–water partition coefficient (Wildman–Crippen LogP) is -1.00. The molecule has 0 saturated carbocycles. The van der Waals surface area contributed by atoms with Crippen LogP contribution in [-0.2, 0) is 10.5 Å². The zero-order valence-electron chi connectivity index (χ0n) is 11.0. The molecule has 8 heteroatoms. The highest BCUT2D eigenvalue weighted by atomic mass is 32.1. The van der Waals surface area contributed by atoms with Crippen LogP contribution in [0.3, 0.4) is 0 Å². The lowest BCUT2D eigenvalue weighted by atomic mass is 9.86. The third kappa shape index (κ3) is 2.70. The lowest BCUT2D eigenvalue weighted by molar-refractivity contribution is -0.276. The molecule has 6 N–H and O–H groups in total. The molecule has 0 aromatic heterocycles. The summed E-state index contributed by atoms with van der Waals surface area (Å²) in [7, 11) is 0. The number of anilines is 1. The van der Waals surface area contributed by atoms with Crippen LogP contribution in [0.4, 0.5) is 5.69 Å². The van der Waals surface area contributed by atoms with Crippen molar-refractivity contribution in [1.82, 2.24) is 0 Å². The average molecular weight is 312 g/mol.